The molecule has 1 fully saturated rings. The first-order valence-corrected chi connectivity index (χ1v) is 6.37. The Morgan fingerprint density at radius 2 is 2.07 bits per heavy atom. The van der Waals surface area contributed by atoms with Crippen molar-refractivity contribution in [1.29, 1.82) is 0 Å². The molecule has 14 heavy (non-hydrogen) atoms. The summed E-state index contributed by atoms with van der Waals surface area (Å²) in [5.74, 6) is 0. The first-order chi connectivity index (χ1) is 6.60. The molecule has 5 heteroatoms. The molecule has 0 N–H and O–H groups in total. The summed E-state index contributed by atoms with van der Waals surface area (Å²) in [5, 5.41) is 3.64. The van der Waals surface area contributed by atoms with Crippen LogP contribution in [0.4, 0.5) is 0 Å². The van der Waals surface area contributed by atoms with Gasteiger partial charge in [-0.05, 0) is 25.3 Å². The van der Waals surface area contributed by atoms with E-state index in [1.54, 1.807) is 12.4 Å². The van der Waals surface area contributed by atoms with Gasteiger partial charge < -0.3 is 0 Å². The van der Waals surface area contributed by atoms with Gasteiger partial charge in [-0.3, -0.25) is 0 Å². The van der Waals surface area contributed by atoms with Gasteiger partial charge in [0.25, 0.3) is 10.0 Å². The van der Waals surface area contributed by atoms with E-state index in [1.165, 1.54) is 0 Å². The molecule has 0 amide bonds. The zero-order valence-corrected chi connectivity index (χ0v) is 9.00. The Morgan fingerprint density at radius 3 is 2.57 bits per heavy atom. The number of rotatable bonds is 2. The van der Waals surface area contributed by atoms with Gasteiger partial charge in [0.05, 0.1) is 11.4 Å². The van der Waals surface area contributed by atoms with Gasteiger partial charge in [0.2, 0.25) is 0 Å². The van der Waals surface area contributed by atoms with E-state index < -0.39 is 10.0 Å². The number of hydrogen-bond acceptors (Lipinski definition) is 3. The van der Waals surface area contributed by atoms with Crippen LogP contribution in [-0.4, -0.2) is 22.9 Å². The average molecular weight is 214 g/mol. The summed E-state index contributed by atoms with van der Waals surface area (Å²) in [6, 6.07) is 0. The predicted octanol–water partition coefficient (Wildman–Crippen LogP) is 1.31. The summed E-state index contributed by atoms with van der Waals surface area (Å²) < 4.78 is 25.0. The maximum absolute atomic E-state index is 11.9. The van der Waals surface area contributed by atoms with Gasteiger partial charge in [-0.25, -0.2) is 8.42 Å². The van der Waals surface area contributed by atoms with Gasteiger partial charge in [-0.15, -0.1) is 0 Å². The molecule has 0 bridgehead atoms. The Labute approximate surface area is 84.0 Å². The molecule has 0 saturated heterocycles. The summed E-state index contributed by atoms with van der Waals surface area (Å²) in [7, 11) is -3.21. The van der Waals surface area contributed by atoms with E-state index in [9.17, 15) is 8.42 Å². The SMILES string of the molecule is Cc1cnn(S(=O)(=O)C2CCCC2)c1. The van der Waals surface area contributed by atoms with Crippen LogP contribution in [0, 0.1) is 6.92 Å². The van der Waals surface area contributed by atoms with Crippen LogP contribution in [0.25, 0.3) is 0 Å². The molecule has 1 heterocycles. The van der Waals surface area contributed by atoms with Crippen LogP contribution in [0.3, 0.4) is 0 Å². The predicted molar refractivity (Wildman–Crippen MR) is 53.5 cm³/mol. The normalized spacial score (nSPS) is 18.9. The largest absolute Gasteiger partial charge is 0.256 e. The van der Waals surface area contributed by atoms with E-state index in [1.807, 2.05) is 6.92 Å². The molecule has 0 spiro atoms. The zero-order chi connectivity index (χ0) is 10.2. The van der Waals surface area contributed by atoms with Crippen molar-refractivity contribution in [1.82, 2.24) is 9.19 Å². The van der Waals surface area contributed by atoms with Gasteiger partial charge in [0.1, 0.15) is 0 Å². The molecule has 78 valence electrons. The molecule has 1 aliphatic carbocycles. The fourth-order valence-electron chi connectivity index (χ4n) is 1.87. The first kappa shape index (κ1) is 9.71. The van der Waals surface area contributed by atoms with E-state index in [0.29, 0.717) is 0 Å². The second-order valence-corrected chi connectivity index (χ2v) is 5.91. The molecule has 1 aromatic rings. The van der Waals surface area contributed by atoms with Crippen molar-refractivity contribution in [2.24, 2.45) is 0 Å². The summed E-state index contributed by atoms with van der Waals surface area (Å²) in [6.07, 6.45) is 6.75. The van der Waals surface area contributed by atoms with Gasteiger partial charge in [0, 0.05) is 6.20 Å². The van der Waals surface area contributed by atoms with Crippen LogP contribution < -0.4 is 0 Å². The minimum atomic E-state index is -3.21. The Bertz CT molecular complexity index is 416. The lowest BCUT2D eigenvalue weighted by Crippen LogP contribution is -2.25. The molecule has 1 aliphatic rings. The highest BCUT2D eigenvalue weighted by molar-refractivity contribution is 7.90. The van der Waals surface area contributed by atoms with E-state index in [-0.39, 0.29) is 5.25 Å². The third-order valence-electron chi connectivity index (χ3n) is 2.67. The van der Waals surface area contributed by atoms with Crippen LogP contribution in [0.5, 0.6) is 0 Å². The summed E-state index contributed by atoms with van der Waals surface area (Å²) in [4.78, 5) is 0. The van der Waals surface area contributed by atoms with Crippen molar-refractivity contribution in [2.45, 2.75) is 37.9 Å². The van der Waals surface area contributed by atoms with Crippen LogP contribution >= 0.6 is 0 Å². The maximum Gasteiger partial charge on any atom is 0.256 e. The molecule has 0 atom stereocenters. The van der Waals surface area contributed by atoms with Gasteiger partial charge in [-0.1, -0.05) is 12.8 Å². The zero-order valence-electron chi connectivity index (χ0n) is 8.18. The minimum absolute atomic E-state index is 0.221. The fourth-order valence-corrected chi connectivity index (χ4v) is 3.59. The van der Waals surface area contributed by atoms with Crippen molar-refractivity contribution < 1.29 is 8.42 Å². The lowest BCUT2D eigenvalue weighted by atomic mass is 10.4. The second-order valence-electron chi connectivity index (χ2n) is 3.84. The van der Waals surface area contributed by atoms with Crippen LogP contribution in [0.1, 0.15) is 31.2 Å². The van der Waals surface area contributed by atoms with Crippen LogP contribution in [0.15, 0.2) is 12.4 Å². The van der Waals surface area contributed by atoms with Crippen molar-refractivity contribution in [3.63, 3.8) is 0 Å². The quantitative estimate of drug-likeness (QED) is 0.746. The molecule has 2 rings (SSSR count). The minimum Gasteiger partial charge on any atom is -0.204 e. The highest BCUT2D eigenvalue weighted by atomic mass is 32.2. The monoisotopic (exact) mass is 214 g/mol. The molecule has 4 nitrogen and oxygen atoms in total. The molecule has 0 aromatic carbocycles. The Hall–Kier alpha value is -0.840. The Morgan fingerprint density at radius 1 is 1.43 bits per heavy atom. The Balaban J connectivity index is 2.32. The van der Waals surface area contributed by atoms with Crippen LogP contribution in [-0.2, 0) is 10.0 Å². The van der Waals surface area contributed by atoms with Gasteiger partial charge >= 0.3 is 0 Å². The highest BCUT2D eigenvalue weighted by Gasteiger charge is 2.30. The summed E-state index contributed by atoms with van der Waals surface area (Å²) in [6.45, 7) is 1.84. The average Bonchev–Trinajstić information content (AvgIpc) is 2.72. The molecule has 0 radical (unpaired) electrons. The van der Waals surface area contributed by atoms with Crippen molar-refractivity contribution in [2.75, 3.05) is 0 Å². The molecular formula is C9H14N2O2S. The molecular weight excluding hydrogens is 200 g/mol. The second kappa shape index (κ2) is 3.38. The smallest absolute Gasteiger partial charge is 0.204 e. The molecule has 0 unspecified atom stereocenters. The van der Waals surface area contributed by atoms with E-state index >= 15 is 0 Å². The fraction of sp³-hybridized carbons (Fsp3) is 0.667. The molecule has 1 saturated carbocycles. The van der Waals surface area contributed by atoms with Crippen molar-refractivity contribution in [3.8, 4) is 0 Å². The van der Waals surface area contributed by atoms with E-state index in [2.05, 4.69) is 5.10 Å². The van der Waals surface area contributed by atoms with E-state index in [0.717, 1.165) is 35.3 Å². The molecule has 1 aromatic heterocycles. The lowest BCUT2D eigenvalue weighted by molar-refractivity contribution is 0.563. The van der Waals surface area contributed by atoms with Crippen molar-refractivity contribution >= 4 is 10.0 Å². The number of nitrogens with zero attached hydrogens (tertiary/aromatic N) is 2. The van der Waals surface area contributed by atoms with Gasteiger partial charge in [-0.2, -0.15) is 9.19 Å². The molecule has 0 aliphatic heterocycles. The third-order valence-corrected chi connectivity index (χ3v) is 4.71. The summed E-state index contributed by atoms with van der Waals surface area (Å²) in [5.41, 5.74) is 0.881. The topological polar surface area (TPSA) is 52.0 Å². The lowest BCUT2D eigenvalue weighted by Gasteiger charge is -2.09. The highest BCUT2D eigenvalue weighted by Crippen LogP contribution is 2.25. The standard InChI is InChI=1S/C9H14N2O2S/c1-8-6-10-11(7-8)14(12,13)9-4-2-3-5-9/h6-7,9H,2-5H2,1H3. The van der Waals surface area contributed by atoms with Gasteiger partial charge in [0.15, 0.2) is 0 Å². The van der Waals surface area contributed by atoms with Crippen LogP contribution in [0.2, 0.25) is 0 Å². The first-order valence-electron chi connectivity index (χ1n) is 4.86. The summed E-state index contributed by atoms with van der Waals surface area (Å²) >= 11 is 0. The third kappa shape index (κ3) is 1.56. The number of hydrogen-bond donors (Lipinski definition) is 0. The maximum atomic E-state index is 11.9. The number of aromatic nitrogens is 2. The van der Waals surface area contributed by atoms with E-state index in [4.69, 9.17) is 0 Å². The van der Waals surface area contributed by atoms with Crippen molar-refractivity contribution in [3.05, 3.63) is 18.0 Å². The Kier molecular flexibility index (Phi) is 2.34. The number of aryl methyl sites for hydroxylation is 1.